The van der Waals surface area contributed by atoms with Crippen molar-refractivity contribution < 1.29 is 9.21 Å². The molecule has 2 rings (SSSR count). The number of aryl methyl sites for hydroxylation is 1. The molecule has 0 bridgehead atoms. The molecule has 15 heavy (non-hydrogen) atoms. The number of ketones is 1. The zero-order valence-electron chi connectivity index (χ0n) is 8.11. The Hall–Kier alpha value is -1.36. The maximum atomic E-state index is 11.9. The van der Waals surface area contributed by atoms with Crippen LogP contribution in [0.5, 0.6) is 0 Å². The monoisotopic (exact) mass is 268 g/mol. The van der Waals surface area contributed by atoms with Crippen molar-refractivity contribution in [3.8, 4) is 0 Å². The fraction of sp³-hybridized carbons (Fsp3) is 0.200. The molecule has 0 aromatic carbocycles. The third kappa shape index (κ3) is 1.87. The molecule has 5 heteroatoms. The van der Waals surface area contributed by atoms with Gasteiger partial charge in [0.05, 0.1) is 18.2 Å². The second-order valence-corrected chi connectivity index (χ2v) is 3.75. The summed E-state index contributed by atoms with van der Waals surface area (Å²) < 4.78 is 7.29. The highest BCUT2D eigenvalue weighted by Gasteiger charge is 2.16. The number of carbonyl (C=O) groups excluding carboxylic acids is 1. The van der Waals surface area contributed by atoms with Gasteiger partial charge in [-0.05, 0) is 28.9 Å². The number of halogens is 1. The molecule has 0 unspecified atom stereocenters. The average Bonchev–Trinajstić information content (AvgIpc) is 2.84. The molecule has 2 aromatic rings. The summed E-state index contributed by atoms with van der Waals surface area (Å²) in [5.41, 5.74) is 0.926. The molecule has 0 atom stereocenters. The molecule has 0 aliphatic heterocycles. The van der Waals surface area contributed by atoms with Gasteiger partial charge >= 0.3 is 0 Å². The first-order chi connectivity index (χ1) is 7.22. The topological polar surface area (TPSA) is 48.0 Å². The highest BCUT2D eigenvalue weighted by atomic mass is 79.9. The fourth-order valence-corrected chi connectivity index (χ4v) is 1.66. The minimum Gasteiger partial charge on any atom is -0.457 e. The largest absolute Gasteiger partial charge is 0.457 e. The van der Waals surface area contributed by atoms with Crippen molar-refractivity contribution in [2.24, 2.45) is 0 Å². The van der Waals surface area contributed by atoms with Gasteiger partial charge < -0.3 is 8.98 Å². The van der Waals surface area contributed by atoms with Crippen molar-refractivity contribution >= 4 is 21.7 Å². The molecule has 4 nitrogen and oxygen atoms in total. The van der Waals surface area contributed by atoms with Crippen molar-refractivity contribution in [1.82, 2.24) is 9.55 Å². The predicted molar refractivity (Wildman–Crippen MR) is 57.7 cm³/mol. The second-order valence-electron chi connectivity index (χ2n) is 3.03. The lowest BCUT2D eigenvalue weighted by Gasteiger charge is -1.93. The summed E-state index contributed by atoms with van der Waals surface area (Å²) in [6, 6.07) is 1.62. The Kier molecular flexibility index (Phi) is 2.73. The third-order valence-electron chi connectivity index (χ3n) is 2.09. The molecule has 0 saturated carbocycles. The van der Waals surface area contributed by atoms with Gasteiger partial charge in [0.2, 0.25) is 5.78 Å². The molecule has 0 saturated heterocycles. The molecule has 0 aliphatic carbocycles. The Morgan fingerprint density at radius 2 is 2.47 bits per heavy atom. The molecule has 2 heterocycles. The van der Waals surface area contributed by atoms with E-state index in [1.165, 1.54) is 6.26 Å². The quantitative estimate of drug-likeness (QED) is 0.804. The number of carbonyl (C=O) groups is 1. The van der Waals surface area contributed by atoms with E-state index in [9.17, 15) is 4.79 Å². The van der Waals surface area contributed by atoms with Crippen molar-refractivity contribution in [1.29, 1.82) is 0 Å². The van der Waals surface area contributed by atoms with Crippen LogP contribution in [0.1, 0.15) is 23.0 Å². The highest BCUT2D eigenvalue weighted by molar-refractivity contribution is 9.10. The lowest BCUT2D eigenvalue weighted by molar-refractivity contribution is 0.103. The minimum absolute atomic E-state index is 0.136. The molecule has 0 N–H and O–H groups in total. The smallest absolute Gasteiger partial charge is 0.217 e. The van der Waals surface area contributed by atoms with Crippen molar-refractivity contribution in [2.75, 3.05) is 0 Å². The molecule has 0 spiro atoms. The maximum absolute atomic E-state index is 11.9. The number of nitrogens with zero attached hydrogens (tertiary/aromatic N) is 2. The highest BCUT2D eigenvalue weighted by Crippen LogP contribution is 2.20. The van der Waals surface area contributed by atoms with Gasteiger partial charge in [0.25, 0.3) is 0 Å². The number of rotatable bonds is 3. The predicted octanol–water partition coefficient (Wildman–Crippen LogP) is 2.49. The van der Waals surface area contributed by atoms with Crippen LogP contribution in [-0.4, -0.2) is 15.3 Å². The number of hydrogen-bond acceptors (Lipinski definition) is 3. The lowest BCUT2D eigenvalue weighted by Crippen LogP contribution is -2.00. The van der Waals surface area contributed by atoms with Crippen LogP contribution >= 0.6 is 15.9 Å². The molecule has 2 aromatic heterocycles. The Balaban J connectivity index is 2.32. The third-order valence-corrected chi connectivity index (χ3v) is 2.71. The Morgan fingerprint density at radius 3 is 3.00 bits per heavy atom. The van der Waals surface area contributed by atoms with Gasteiger partial charge in [0.1, 0.15) is 5.69 Å². The molecular formula is C10H9BrN2O2. The van der Waals surface area contributed by atoms with E-state index >= 15 is 0 Å². The summed E-state index contributed by atoms with van der Waals surface area (Å²) >= 11 is 3.17. The summed E-state index contributed by atoms with van der Waals surface area (Å²) in [6.45, 7) is 2.79. The van der Waals surface area contributed by atoms with E-state index in [1.54, 1.807) is 18.6 Å². The summed E-state index contributed by atoms with van der Waals surface area (Å²) in [5, 5.41) is 0. The van der Waals surface area contributed by atoms with E-state index in [-0.39, 0.29) is 5.78 Å². The Labute approximate surface area is 95.0 Å². The molecular weight excluding hydrogens is 260 g/mol. The van der Waals surface area contributed by atoms with Crippen LogP contribution in [0.2, 0.25) is 0 Å². The lowest BCUT2D eigenvalue weighted by atomic mass is 10.2. The van der Waals surface area contributed by atoms with Crippen molar-refractivity contribution in [2.45, 2.75) is 13.5 Å². The van der Waals surface area contributed by atoms with Gasteiger partial charge in [-0.15, -0.1) is 0 Å². The molecule has 78 valence electrons. The molecule has 0 aliphatic rings. The minimum atomic E-state index is -0.136. The molecule has 0 amide bonds. The second kappa shape index (κ2) is 4.02. The normalized spacial score (nSPS) is 10.5. The van der Waals surface area contributed by atoms with Gasteiger partial charge in [-0.25, -0.2) is 4.98 Å². The maximum Gasteiger partial charge on any atom is 0.217 e. The van der Waals surface area contributed by atoms with E-state index in [0.29, 0.717) is 15.9 Å². The summed E-state index contributed by atoms with van der Waals surface area (Å²) in [7, 11) is 0. The number of furan rings is 1. The standard InChI is InChI=1S/C10H9BrN2O2/c1-2-13-5-8(12-6-13)9(14)7-3-4-15-10(7)11/h3-6H,2H2,1H3. The van der Waals surface area contributed by atoms with Gasteiger partial charge in [0, 0.05) is 12.7 Å². The van der Waals surface area contributed by atoms with Gasteiger partial charge in [-0.1, -0.05) is 0 Å². The fourth-order valence-electron chi connectivity index (χ4n) is 1.24. The first-order valence-electron chi connectivity index (χ1n) is 4.52. The summed E-state index contributed by atoms with van der Waals surface area (Å²) in [4.78, 5) is 15.9. The van der Waals surface area contributed by atoms with E-state index in [2.05, 4.69) is 20.9 Å². The van der Waals surface area contributed by atoms with E-state index < -0.39 is 0 Å². The van der Waals surface area contributed by atoms with Crippen LogP contribution in [0.3, 0.4) is 0 Å². The average molecular weight is 269 g/mol. The van der Waals surface area contributed by atoms with Gasteiger partial charge in [-0.2, -0.15) is 0 Å². The van der Waals surface area contributed by atoms with Crippen LogP contribution in [0.4, 0.5) is 0 Å². The van der Waals surface area contributed by atoms with E-state index in [0.717, 1.165) is 6.54 Å². The van der Waals surface area contributed by atoms with Crippen LogP contribution in [0.15, 0.2) is 33.9 Å². The summed E-state index contributed by atoms with van der Waals surface area (Å²) in [6.07, 6.45) is 4.83. The molecule has 0 radical (unpaired) electrons. The zero-order valence-corrected chi connectivity index (χ0v) is 9.69. The number of imidazole rings is 1. The van der Waals surface area contributed by atoms with Gasteiger partial charge in [0.15, 0.2) is 4.67 Å². The summed E-state index contributed by atoms with van der Waals surface area (Å²) in [5.74, 6) is -0.136. The first kappa shape index (κ1) is 10.2. The zero-order chi connectivity index (χ0) is 10.8. The molecule has 0 fully saturated rings. The Morgan fingerprint density at radius 1 is 1.67 bits per heavy atom. The van der Waals surface area contributed by atoms with E-state index in [4.69, 9.17) is 4.42 Å². The van der Waals surface area contributed by atoms with Crippen molar-refractivity contribution in [3.63, 3.8) is 0 Å². The van der Waals surface area contributed by atoms with Crippen LogP contribution in [-0.2, 0) is 6.54 Å². The number of aromatic nitrogens is 2. The van der Waals surface area contributed by atoms with Crippen LogP contribution in [0.25, 0.3) is 0 Å². The van der Waals surface area contributed by atoms with Gasteiger partial charge in [-0.3, -0.25) is 4.79 Å². The van der Waals surface area contributed by atoms with Crippen molar-refractivity contribution in [3.05, 3.63) is 40.8 Å². The van der Waals surface area contributed by atoms with Crippen LogP contribution < -0.4 is 0 Å². The van der Waals surface area contributed by atoms with Crippen LogP contribution in [0, 0.1) is 0 Å². The number of hydrogen-bond donors (Lipinski definition) is 0. The Bertz CT molecular complexity index is 487. The SMILES string of the molecule is CCn1cnc(C(=O)c2ccoc2Br)c1. The van der Waals surface area contributed by atoms with E-state index in [1.807, 2.05) is 11.5 Å². The first-order valence-corrected chi connectivity index (χ1v) is 5.31.